The van der Waals surface area contributed by atoms with Crippen LogP contribution in [0.3, 0.4) is 0 Å². The van der Waals surface area contributed by atoms with Crippen molar-refractivity contribution in [1.29, 1.82) is 0 Å². The molecule has 0 atom stereocenters. The largest absolute Gasteiger partial charge is 0.494 e. The number of hydrogen-bond donors (Lipinski definition) is 2. The van der Waals surface area contributed by atoms with Gasteiger partial charge >= 0.3 is 0 Å². The maximum atomic E-state index is 12.5. The van der Waals surface area contributed by atoms with Crippen molar-refractivity contribution in [3.63, 3.8) is 0 Å². The predicted octanol–water partition coefficient (Wildman–Crippen LogP) is 3.28. The average molecular weight is 343 g/mol. The zero-order valence-electron chi connectivity index (χ0n) is 13.1. The van der Waals surface area contributed by atoms with Crippen LogP contribution in [0.4, 0.5) is 5.69 Å². The summed E-state index contributed by atoms with van der Waals surface area (Å²) in [6, 6.07) is 15.2. The van der Waals surface area contributed by atoms with Gasteiger partial charge in [0.15, 0.2) is 0 Å². The van der Waals surface area contributed by atoms with Crippen molar-refractivity contribution in [3.05, 3.63) is 60.8 Å². The van der Waals surface area contributed by atoms with Gasteiger partial charge < -0.3 is 4.74 Å². The Kier molecular flexibility index (Phi) is 4.52. The molecule has 3 aromatic rings. The zero-order chi connectivity index (χ0) is 17.0. The van der Waals surface area contributed by atoms with Crippen LogP contribution in [-0.4, -0.2) is 25.2 Å². The number of rotatable bonds is 6. The fraction of sp³-hybridized carbons (Fsp3) is 0.118. The van der Waals surface area contributed by atoms with Crippen molar-refractivity contribution in [3.8, 4) is 17.0 Å². The molecule has 0 aliphatic heterocycles. The summed E-state index contributed by atoms with van der Waals surface area (Å²) in [6.07, 6.45) is 1.64. The molecule has 0 aliphatic carbocycles. The second kappa shape index (κ2) is 6.76. The molecule has 24 heavy (non-hydrogen) atoms. The van der Waals surface area contributed by atoms with Crippen LogP contribution >= 0.6 is 0 Å². The first-order valence-electron chi connectivity index (χ1n) is 7.44. The Bertz CT molecular complexity index is 905. The summed E-state index contributed by atoms with van der Waals surface area (Å²) in [5.41, 5.74) is 2.15. The number of anilines is 1. The minimum Gasteiger partial charge on any atom is -0.494 e. The topological polar surface area (TPSA) is 84.1 Å². The van der Waals surface area contributed by atoms with E-state index in [0.29, 0.717) is 18.0 Å². The van der Waals surface area contributed by atoms with Crippen LogP contribution in [0, 0.1) is 0 Å². The van der Waals surface area contributed by atoms with Crippen LogP contribution in [0.25, 0.3) is 11.3 Å². The van der Waals surface area contributed by atoms with Gasteiger partial charge in [-0.2, -0.15) is 5.10 Å². The lowest BCUT2D eigenvalue weighted by molar-refractivity contribution is 0.340. The Balaban J connectivity index is 1.83. The Morgan fingerprint density at radius 3 is 2.58 bits per heavy atom. The van der Waals surface area contributed by atoms with E-state index in [9.17, 15) is 8.42 Å². The molecule has 0 saturated carbocycles. The fourth-order valence-corrected chi connectivity index (χ4v) is 3.31. The third-order valence-electron chi connectivity index (χ3n) is 3.37. The van der Waals surface area contributed by atoms with Crippen LogP contribution in [0.15, 0.2) is 65.7 Å². The first-order chi connectivity index (χ1) is 11.6. The van der Waals surface area contributed by atoms with Gasteiger partial charge in [-0.15, -0.1) is 0 Å². The molecule has 7 heteroatoms. The molecule has 1 aromatic heterocycles. The molecule has 2 N–H and O–H groups in total. The van der Waals surface area contributed by atoms with Gasteiger partial charge in [-0.3, -0.25) is 9.82 Å². The third kappa shape index (κ3) is 3.57. The molecule has 3 rings (SSSR count). The number of sulfonamides is 1. The number of nitrogens with one attached hydrogen (secondary N) is 2. The average Bonchev–Trinajstić information content (AvgIpc) is 3.10. The van der Waals surface area contributed by atoms with E-state index in [1.165, 1.54) is 12.1 Å². The molecule has 0 radical (unpaired) electrons. The van der Waals surface area contributed by atoms with Gasteiger partial charge in [-0.1, -0.05) is 12.1 Å². The molecule has 0 bridgehead atoms. The second-order valence-corrected chi connectivity index (χ2v) is 6.74. The highest BCUT2D eigenvalue weighted by molar-refractivity contribution is 7.92. The zero-order valence-corrected chi connectivity index (χ0v) is 13.9. The minimum atomic E-state index is -3.66. The van der Waals surface area contributed by atoms with Crippen LogP contribution in [0.2, 0.25) is 0 Å². The van der Waals surface area contributed by atoms with Crippen LogP contribution < -0.4 is 9.46 Å². The van der Waals surface area contributed by atoms with Crippen molar-refractivity contribution in [1.82, 2.24) is 10.2 Å². The van der Waals surface area contributed by atoms with Gasteiger partial charge in [0.1, 0.15) is 5.75 Å². The monoisotopic (exact) mass is 343 g/mol. The first kappa shape index (κ1) is 16.1. The van der Waals surface area contributed by atoms with Gasteiger partial charge in [0.2, 0.25) is 0 Å². The molecular formula is C17H17N3O3S. The molecule has 0 aliphatic rings. The summed E-state index contributed by atoms with van der Waals surface area (Å²) < 4.78 is 32.9. The third-order valence-corrected chi connectivity index (χ3v) is 4.77. The highest BCUT2D eigenvalue weighted by Crippen LogP contribution is 2.23. The summed E-state index contributed by atoms with van der Waals surface area (Å²) in [5, 5.41) is 6.75. The van der Waals surface area contributed by atoms with E-state index < -0.39 is 10.0 Å². The summed E-state index contributed by atoms with van der Waals surface area (Å²) in [4.78, 5) is 0.179. The summed E-state index contributed by atoms with van der Waals surface area (Å²) >= 11 is 0. The lowest BCUT2D eigenvalue weighted by atomic mass is 10.1. The number of nitrogens with zero attached hydrogens (tertiary/aromatic N) is 1. The molecule has 124 valence electrons. The fourth-order valence-electron chi connectivity index (χ4n) is 2.26. The van der Waals surface area contributed by atoms with Crippen molar-refractivity contribution < 1.29 is 13.2 Å². The van der Waals surface area contributed by atoms with E-state index in [2.05, 4.69) is 14.9 Å². The van der Waals surface area contributed by atoms with Gasteiger partial charge in [0, 0.05) is 17.4 Å². The maximum absolute atomic E-state index is 12.5. The lowest BCUT2D eigenvalue weighted by Gasteiger charge is -2.10. The van der Waals surface area contributed by atoms with E-state index in [0.717, 1.165) is 11.3 Å². The van der Waals surface area contributed by atoms with Gasteiger partial charge in [-0.05, 0) is 49.4 Å². The quantitative estimate of drug-likeness (QED) is 0.719. The summed E-state index contributed by atoms with van der Waals surface area (Å²) in [5.74, 6) is 0.637. The van der Waals surface area contributed by atoms with E-state index in [1.54, 1.807) is 36.5 Å². The number of ether oxygens (including phenoxy) is 1. The Morgan fingerprint density at radius 1 is 1.12 bits per heavy atom. The Morgan fingerprint density at radius 2 is 1.92 bits per heavy atom. The van der Waals surface area contributed by atoms with Gasteiger partial charge in [0.25, 0.3) is 10.0 Å². The van der Waals surface area contributed by atoms with Crippen molar-refractivity contribution in [2.75, 3.05) is 11.3 Å². The van der Waals surface area contributed by atoms with Crippen LogP contribution in [0.5, 0.6) is 5.75 Å². The van der Waals surface area contributed by atoms with E-state index in [-0.39, 0.29) is 4.90 Å². The molecule has 6 nitrogen and oxygen atoms in total. The van der Waals surface area contributed by atoms with E-state index in [4.69, 9.17) is 4.74 Å². The number of benzene rings is 2. The van der Waals surface area contributed by atoms with E-state index in [1.807, 2.05) is 19.1 Å². The second-order valence-electron chi connectivity index (χ2n) is 5.06. The Hall–Kier alpha value is -2.80. The maximum Gasteiger partial charge on any atom is 0.261 e. The Labute approximate surface area is 140 Å². The number of H-pyrrole nitrogens is 1. The molecule has 0 amide bonds. The molecule has 2 aromatic carbocycles. The first-order valence-corrected chi connectivity index (χ1v) is 8.92. The molecule has 0 fully saturated rings. The van der Waals surface area contributed by atoms with Gasteiger partial charge in [-0.25, -0.2) is 8.42 Å². The van der Waals surface area contributed by atoms with Crippen molar-refractivity contribution in [2.24, 2.45) is 0 Å². The smallest absolute Gasteiger partial charge is 0.261 e. The van der Waals surface area contributed by atoms with E-state index >= 15 is 0 Å². The summed E-state index contributed by atoms with van der Waals surface area (Å²) in [7, 11) is -3.66. The molecular weight excluding hydrogens is 326 g/mol. The number of aromatic amines is 1. The predicted molar refractivity (Wildman–Crippen MR) is 92.4 cm³/mol. The SMILES string of the molecule is CCOc1ccc(S(=O)(=O)Nc2cccc(-c3ccn[nH]3)c2)cc1. The summed E-state index contributed by atoms with van der Waals surface area (Å²) in [6.45, 7) is 2.41. The molecule has 0 spiro atoms. The van der Waals surface area contributed by atoms with Crippen LogP contribution in [-0.2, 0) is 10.0 Å². The van der Waals surface area contributed by atoms with Crippen molar-refractivity contribution >= 4 is 15.7 Å². The standard InChI is InChI=1S/C17H17N3O3S/c1-2-23-15-6-8-16(9-7-15)24(21,22)20-14-5-3-4-13(12-14)17-10-11-18-19-17/h3-12,20H,2H2,1H3,(H,18,19). The van der Waals surface area contributed by atoms with Gasteiger partial charge in [0.05, 0.1) is 17.2 Å². The number of aromatic nitrogens is 2. The highest BCUT2D eigenvalue weighted by atomic mass is 32.2. The lowest BCUT2D eigenvalue weighted by Crippen LogP contribution is -2.12. The minimum absolute atomic E-state index is 0.179. The van der Waals surface area contributed by atoms with Crippen molar-refractivity contribution in [2.45, 2.75) is 11.8 Å². The molecule has 0 saturated heterocycles. The highest BCUT2D eigenvalue weighted by Gasteiger charge is 2.14. The number of hydrogen-bond acceptors (Lipinski definition) is 4. The normalized spacial score (nSPS) is 11.2. The molecule has 0 unspecified atom stereocenters. The molecule has 1 heterocycles. The van der Waals surface area contributed by atoms with Crippen LogP contribution in [0.1, 0.15) is 6.92 Å².